The van der Waals surface area contributed by atoms with Gasteiger partial charge in [-0.05, 0) is 13.0 Å². The molecule has 0 amide bonds. The topological polar surface area (TPSA) is 81.2 Å². The van der Waals surface area contributed by atoms with E-state index in [0.29, 0.717) is 6.61 Å². The fraction of sp³-hybridized carbons (Fsp3) is 0.231. The lowest BCUT2D eigenvalue weighted by molar-refractivity contribution is 0.312. The second-order valence-corrected chi connectivity index (χ2v) is 5.86. The van der Waals surface area contributed by atoms with E-state index in [4.69, 9.17) is 4.74 Å². The molecular formula is C13H14FN3O3S. The minimum atomic E-state index is -3.75. The molecule has 8 heteroatoms. The number of hydrogen-bond donors (Lipinski definition) is 1. The van der Waals surface area contributed by atoms with E-state index in [1.54, 1.807) is 13.0 Å². The molecule has 0 saturated carbocycles. The van der Waals surface area contributed by atoms with Gasteiger partial charge in [0.1, 0.15) is 5.82 Å². The number of anilines is 1. The molecular weight excluding hydrogens is 297 g/mol. The molecule has 1 aromatic carbocycles. The van der Waals surface area contributed by atoms with Crippen LogP contribution in [-0.4, -0.2) is 25.0 Å². The highest BCUT2D eigenvalue weighted by Gasteiger charge is 2.15. The Morgan fingerprint density at radius 2 is 1.90 bits per heavy atom. The summed E-state index contributed by atoms with van der Waals surface area (Å²) in [6, 6.07) is 5.87. The Morgan fingerprint density at radius 1 is 1.24 bits per heavy atom. The Morgan fingerprint density at radius 3 is 2.52 bits per heavy atom. The molecule has 2 rings (SSSR count). The zero-order chi connectivity index (χ0) is 15.3. The average molecular weight is 311 g/mol. The highest BCUT2D eigenvalue weighted by molar-refractivity contribution is 7.91. The largest absolute Gasteiger partial charge is 0.464 e. The minimum Gasteiger partial charge on any atom is -0.464 e. The maximum absolute atomic E-state index is 13.5. The summed E-state index contributed by atoms with van der Waals surface area (Å²) >= 11 is 0. The molecule has 112 valence electrons. The van der Waals surface area contributed by atoms with Gasteiger partial charge in [0.15, 0.2) is 0 Å². The molecule has 2 aromatic rings. The van der Waals surface area contributed by atoms with Gasteiger partial charge >= 0.3 is 6.01 Å². The van der Waals surface area contributed by atoms with E-state index in [1.807, 2.05) is 0 Å². The molecule has 0 radical (unpaired) electrons. The van der Waals surface area contributed by atoms with Crippen LogP contribution in [0.5, 0.6) is 6.01 Å². The molecule has 0 unspecified atom stereocenters. The first-order valence-electron chi connectivity index (χ1n) is 6.19. The summed E-state index contributed by atoms with van der Waals surface area (Å²) in [5, 5.41) is 0. The van der Waals surface area contributed by atoms with Crippen LogP contribution < -0.4 is 9.46 Å². The second-order valence-electron chi connectivity index (χ2n) is 4.14. The number of nitrogens with one attached hydrogen (secondary N) is 1. The monoisotopic (exact) mass is 311 g/mol. The van der Waals surface area contributed by atoms with Crippen LogP contribution in [0.3, 0.4) is 0 Å². The van der Waals surface area contributed by atoms with Gasteiger partial charge in [0.25, 0.3) is 0 Å². The molecule has 1 heterocycles. The summed E-state index contributed by atoms with van der Waals surface area (Å²) in [5.41, 5.74) is 0.284. The molecule has 0 fully saturated rings. The number of nitrogens with zero attached hydrogens (tertiary/aromatic N) is 2. The third kappa shape index (κ3) is 4.38. The summed E-state index contributed by atoms with van der Waals surface area (Å²) < 4.78 is 44.7. The Kier molecular flexibility index (Phi) is 4.69. The Balaban J connectivity index is 2.09. The van der Waals surface area contributed by atoms with Crippen LogP contribution in [0.4, 0.5) is 10.1 Å². The molecule has 0 aliphatic rings. The quantitative estimate of drug-likeness (QED) is 0.882. The predicted octanol–water partition coefficient (Wildman–Crippen LogP) is 1.96. The molecule has 0 bridgehead atoms. The number of halogens is 1. The van der Waals surface area contributed by atoms with Gasteiger partial charge in [0.2, 0.25) is 10.0 Å². The maximum atomic E-state index is 13.5. The summed E-state index contributed by atoms with van der Waals surface area (Å²) in [5.74, 6) is -1.03. The van der Waals surface area contributed by atoms with Crippen molar-refractivity contribution in [3.8, 4) is 6.01 Å². The van der Waals surface area contributed by atoms with Crippen molar-refractivity contribution >= 4 is 15.7 Å². The molecule has 6 nitrogen and oxygen atoms in total. The van der Waals surface area contributed by atoms with Gasteiger partial charge in [-0.25, -0.2) is 22.8 Å². The zero-order valence-corrected chi connectivity index (χ0v) is 12.1. The van der Waals surface area contributed by atoms with Gasteiger partial charge in [-0.2, -0.15) is 0 Å². The standard InChI is InChI=1S/C13H14FN3O3S/c1-2-20-13-15-7-11(8-16-13)17-21(18,19)9-10-5-3-4-6-12(10)14/h3-8,17H,2,9H2,1H3. The maximum Gasteiger partial charge on any atom is 0.316 e. The van der Waals surface area contributed by atoms with Crippen molar-refractivity contribution in [2.24, 2.45) is 0 Å². The fourth-order valence-corrected chi connectivity index (χ4v) is 2.79. The Labute approximate surface area is 122 Å². The highest BCUT2D eigenvalue weighted by atomic mass is 32.2. The third-order valence-corrected chi connectivity index (χ3v) is 3.72. The van der Waals surface area contributed by atoms with Crippen molar-refractivity contribution in [2.45, 2.75) is 12.7 Å². The first-order valence-corrected chi connectivity index (χ1v) is 7.84. The van der Waals surface area contributed by atoms with Crippen molar-refractivity contribution in [2.75, 3.05) is 11.3 Å². The first-order chi connectivity index (χ1) is 10.00. The lowest BCUT2D eigenvalue weighted by Crippen LogP contribution is -2.16. The van der Waals surface area contributed by atoms with Crippen LogP contribution >= 0.6 is 0 Å². The normalized spacial score (nSPS) is 11.1. The van der Waals surface area contributed by atoms with Crippen LogP contribution in [0.1, 0.15) is 12.5 Å². The molecule has 0 aliphatic heterocycles. The Bertz CT molecular complexity index is 705. The van der Waals surface area contributed by atoms with Crippen LogP contribution in [0, 0.1) is 5.82 Å². The molecule has 0 aliphatic carbocycles. The van der Waals surface area contributed by atoms with Crippen LogP contribution in [0.2, 0.25) is 0 Å². The van der Waals surface area contributed by atoms with Crippen LogP contribution in [0.15, 0.2) is 36.7 Å². The SMILES string of the molecule is CCOc1ncc(NS(=O)(=O)Cc2ccccc2F)cn1. The Hall–Kier alpha value is -2.22. The molecule has 1 N–H and O–H groups in total. The van der Waals surface area contributed by atoms with Crippen LogP contribution in [0.25, 0.3) is 0 Å². The minimum absolute atomic E-state index is 0.0943. The zero-order valence-electron chi connectivity index (χ0n) is 11.3. The number of hydrogen-bond acceptors (Lipinski definition) is 5. The molecule has 0 spiro atoms. The van der Waals surface area contributed by atoms with E-state index in [0.717, 1.165) is 0 Å². The van der Waals surface area contributed by atoms with E-state index >= 15 is 0 Å². The van der Waals surface area contributed by atoms with E-state index < -0.39 is 21.6 Å². The number of rotatable bonds is 6. The summed E-state index contributed by atoms with van der Waals surface area (Å²) in [6.45, 7) is 2.20. The summed E-state index contributed by atoms with van der Waals surface area (Å²) in [6.07, 6.45) is 2.58. The van der Waals surface area contributed by atoms with Gasteiger partial charge in [-0.3, -0.25) is 4.72 Å². The fourth-order valence-electron chi connectivity index (χ4n) is 1.61. The number of sulfonamides is 1. The van der Waals surface area contributed by atoms with E-state index in [-0.39, 0.29) is 17.3 Å². The number of ether oxygens (including phenoxy) is 1. The lowest BCUT2D eigenvalue weighted by atomic mass is 10.2. The number of aromatic nitrogens is 2. The predicted molar refractivity (Wildman–Crippen MR) is 75.8 cm³/mol. The third-order valence-electron chi connectivity index (χ3n) is 2.48. The molecule has 21 heavy (non-hydrogen) atoms. The second kappa shape index (κ2) is 6.49. The van der Waals surface area contributed by atoms with Gasteiger partial charge in [0.05, 0.1) is 30.4 Å². The average Bonchev–Trinajstić information content (AvgIpc) is 2.43. The van der Waals surface area contributed by atoms with Crippen molar-refractivity contribution in [3.05, 3.63) is 48.0 Å². The highest BCUT2D eigenvalue weighted by Crippen LogP contribution is 2.14. The van der Waals surface area contributed by atoms with Gasteiger partial charge in [-0.15, -0.1) is 0 Å². The first kappa shape index (κ1) is 15.2. The summed E-state index contributed by atoms with van der Waals surface area (Å²) in [7, 11) is -3.75. The smallest absolute Gasteiger partial charge is 0.316 e. The molecule has 0 atom stereocenters. The van der Waals surface area contributed by atoms with Crippen molar-refractivity contribution in [1.82, 2.24) is 9.97 Å². The van der Waals surface area contributed by atoms with Gasteiger partial charge < -0.3 is 4.74 Å². The summed E-state index contributed by atoms with van der Waals surface area (Å²) in [4.78, 5) is 7.69. The molecule has 1 aromatic heterocycles. The number of benzene rings is 1. The van der Waals surface area contributed by atoms with E-state index in [2.05, 4.69) is 14.7 Å². The van der Waals surface area contributed by atoms with Crippen molar-refractivity contribution < 1.29 is 17.5 Å². The lowest BCUT2D eigenvalue weighted by Gasteiger charge is -2.08. The van der Waals surface area contributed by atoms with Gasteiger partial charge in [0, 0.05) is 5.56 Å². The van der Waals surface area contributed by atoms with E-state index in [1.165, 1.54) is 30.6 Å². The molecule has 0 saturated heterocycles. The van der Waals surface area contributed by atoms with Crippen molar-refractivity contribution in [3.63, 3.8) is 0 Å². The van der Waals surface area contributed by atoms with Crippen molar-refractivity contribution in [1.29, 1.82) is 0 Å². The van der Waals surface area contributed by atoms with E-state index in [9.17, 15) is 12.8 Å². The van der Waals surface area contributed by atoms with Gasteiger partial charge in [-0.1, -0.05) is 18.2 Å². The van der Waals surface area contributed by atoms with Crippen LogP contribution in [-0.2, 0) is 15.8 Å².